The van der Waals surface area contributed by atoms with E-state index in [1.165, 1.54) is 12.1 Å². The van der Waals surface area contributed by atoms with Crippen LogP contribution in [-0.4, -0.2) is 26.0 Å². The van der Waals surface area contributed by atoms with Gasteiger partial charge < -0.3 is 10.2 Å². The third-order valence-electron chi connectivity index (χ3n) is 2.34. The van der Waals surface area contributed by atoms with Crippen molar-refractivity contribution in [1.29, 1.82) is 0 Å². The number of aromatic carboxylic acids is 1. The van der Waals surface area contributed by atoms with Gasteiger partial charge in [-0.3, -0.25) is 4.68 Å². The van der Waals surface area contributed by atoms with Crippen molar-refractivity contribution < 1.29 is 15.0 Å². The van der Waals surface area contributed by atoms with Gasteiger partial charge in [-0.05, 0) is 24.3 Å². The van der Waals surface area contributed by atoms with Crippen molar-refractivity contribution in [2.24, 2.45) is 7.05 Å². The Bertz CT molecular complexity index is 546. The third kappa shape index (κ3) is 1.63. The van der Waals surface area contributed by atoms with Gasteiger partial charge in [0.2, 0.25) is 0 Å². The average molecular weight is 218 g/mol. The van der Waals surface area contributed by atoms with Crippen molar-refractivity contribution in [2.45, 2.75) is 0 Å². The Morgan fingerprint density at radius 3 is 2.62 bits per heavy atom. The minimum absolute atomic E-state index is 0.0587. The molecule has 0 fully saturated rings. The number of aromatic hydroxyl groups is 1. The SMILES string of the molecule is Cn1nccc1-c1ccc(C(=O)O)cc1O. The molecular weight excluding hydrogens is 208 g/mol. The van der Waals surface area contributed by atoms with E-state index in [-0.39, 0.29) is 11.3 Å². The highest BCUT2D eigenvalue weighted by Gasteiger charge is 2.11. The van der Waals surface area contributed by atoms with Gasteiger partial charge in [0.25, 0.3) is 0 Å². The highest BCUT2D eigenvalue weighted by atomic mass is 16.4. The van der Waals surface area contributed by atoms with E-state index >= 15 is 0 Å². The number of rotatable bonds is 2. The summed E-state index contributed by atoms with van der Waals surface area (Å²) in [5.74, 6) is -1.13. The van der Waals surface area contributed by atoms with Crippen LogP contribution in [0.3, 0.4) is 0 Å². The number of carboxylic acid groups (broad SMARTS) is 1. The van der Waals surface area contributed by atoms with E-state index in [1.54, 1.807) is 30.1 Å². The number of hydrogen-bond donors (Lipinski definition) is 2. The van der Waals surface area contributed by atoms with Crippen LogP contribution < -0.4 is 0 Å². The van der Waals surface area contributed by atoms with Gasteiger partial charge in [-0.1, -0.05) is 0 Å². The Kier molecular flexibility index (Phi) is 2.36. The van der Waals surface area contributed by atoms with E-state index in [2.05, 4.69) is 5.10 Å². The Labute approximate surface area is 91.6 Å². The first kappa shape index (κ1) is 10.2. The van der Waals surface area contributed by atoms with Crippen molar-refractivity contribution in [3.05, 3.63) is 36.0 Å². The fraction of sp³-hybridized carbons (Fsp3) is 0.0909. The molecule has 0 aliphatic heterocycles. The summed E-state index contributed by atoms with van der Waals surface area (Å²) < 4.78 is 1.61. The molecular formula is C11H10N2O3. The van der Waals surface area contributed by atoms with Crippen LogP contribution in [-0.2, 0) is 7.05 Å². The van der Waals surface area contributed by atoms with E-state index in [1.807, 2.05) is 0 Å². The molecule has 0 aliphatic carbocycles. The Hall–Kier alpha value is -2.30. The largest absolute Gasteiger partial charge is 0.507 e. The molecule has 1 aromatic carbocycles. The molecule has 2 N–H and O–H groups in total. The molecule has 0 unspecified atom stereocenters. The van der Waals surface area contributed by atoms with Crippen LogP contribution in [0.4, 0.5) is 0 Å². The van der Waals surface area contributed by atoms with Gasteiger partial charge in [0.05, 0.1) is 11.3 Å². The minimum Gasteiger partial charge on any atom is -0.507 e. The molecule has 0 bridgehead atoms. The van der Waals surface area contributed by atoms with E-state index in [0.29, 0.717) is 5.56 Å². The number of aromatic nitrogens is 2. The second-order valence-electron chi connectivity index (χ2n) is 3.38. The molecule has 0 atom stereocenters. The van der Waals surface area contributed by atoms with Crippen molar-refractivity contribution >= 4 is 5.97 Å². The van der Waals surface area contributed by atoms with Crippen molar-refractivity contribution in [2.75, 3.05) is 0 Å². The molecule has 5 heteroatoms. The molecule has 5 nitrogen and oxygen atoms in total. The summed E-state index contributed by atoms with van der Waals surface area (Å²) in [5, 5.41) is 22.5. The molecule has 2 rings (SSSR count). The fourth-order valence-corrected chi connectivity index (χ4v) is 1.52. The average Bonchev–Trinajstić information content (AvgIpc) is 2.64. The van der Waals surface area contributed by atoms with Crippen molar-refractivity contribution in [1.82, 2.24) is 9.78 Å². The monoisotopic (exact) mass is 218 g/mol. The predicted molar refractivity (Wildman–Crippen MR) is 57.3 cm³/mol. The highest BCUT2D eigenvalue weighted by Crippen LogP contribution is 2.29. The summed E-state index contributed by atoms with van der Waals surface area (Å²) in [6.45, 7) is 0. The van der Waals surface area contributed by atoms with Gasteiger partial charge in [-0.25, -0.2) is 4.79 Å². The molecule has 0 saturated heterocycles. The van der Waals surface area contributed by atoms with Crippen molar-refractivity contribution in [3.8, 4) is 17.0 Å². The number of phenolic OH excluding ortho intramolecular Hbond substituents is 1. The number of phenols is 1. The maximum atomic E-state index is 10.7. The first-order chi connectivity index (χ1) is 7.59. The van der Waals surface area contributed by atoms with E-state index in [0.717, 1.165) is 5.69 Å². The lowest BCUT2D eigenvalue weighted by Gasteiger charge is -2.05. The molecule has 0 radical (unpaired) electrons. The van der Waals surface area contributed by atoms with E-state index in [9.17, 15) is 9.90 Å². The van der Waals surface area contributed by atoms with E-state index in [4.69, 9.17) is 5.11 Å². The van der Waals surface area contributed by atoms with Crippen LogP contribution in [0.1, 0.15) is 10.4 Å². The first-order valence-electron chi connectivity index (χ1n) is 4.64. The molecule has 0 amide bonds. The normalized spacial score (nSPS) is 10.3. The second-order valence-corrected chi connectivity index (χ2v) is 3.38. The molecule has 0 spiro atoms. The number of carbonyl (C=O) groups is 1. The number of nitrogens with zero attached hydrogens (tertiary/aromatic N) is 2. The summed E-state index contributed by atoms with van der Waals surface area (Å²) in [6.07, 6.45) is 1.61. The molecule has 0 aliphatic rings. The second kappa shape index (κ2) is 3.69. The van der Waals surface area contributed by atoms with Gasteiger partial charge in [0.15, 0.2) is 0 Å². The zero-order valence-electron chi connectivity index (χ0n) is 8.58. The quantitative estimate of drug-likeness (QED) is 0.800. The summed E-state index contributed by atoms with van der Waals surface area (Å²) in [7, 11) is 1.75. The molecule has 1 aromatic heterocycles. The third-order valence-corrected chi connectivity index (χ3v) is 2.34. The topological polar surface area (TPSA) is 75.4 Å². The van der Waals surface area contributed by atoms with Gasteiger partial charge in [-0.2, -0.15) is 5.10 Å². The van der Waals surface area contributed by atoms with Crippen LogP contribution in [0, 0.1) is 0 Å². The predicted octanol–water partition coefficient (Wildman–Crippen LogP) is 1.49. The zero-order chi connectivity index (χ0) is 11.7. The first-order valence-corrected chi connectivity index (χ1v) is 4.64. The van der Waals surface area contributed by atoms with Crippen LogP contribution >= 0.6 is 0 Å². The van der Waals surface area contributed by atoms with Gasteiger partial charge in [0.1, 0.15) is 5.75 Å². The zero-order valence-corrected chi connectivity index (χ0v) is 8.58. The number of aryl methyl sites for hydroxylation is 1. The standard InChI is InChI=1S/C11H10N2O3/c1-13-9(4-5-12-13)8-3-2-7(11(15)16)6-10(8)14/h2-6,14H,1H3,(H,15,16). The highest BCUT2D eigenvalue weighted by molar-refractivity contribution is 5.89. The lowest BCUT2D eigenvalue weighted by atomic mass is 10.1. The Balaban J connectivity index is 2.52. The van der Waals surface area contributed by atoms with Gasteiger partial charge >= 0.3 is 5.97 Å². The maximum Gasteiger partial charge on any atom is 0.335 e. The van der Waals surface area contributed by atoms with Crippen LogP contribution in [0.15, 0.2) is 30.5 Å². The lowest BCUT2D eigenvalue weighted by Crippen LogP contribution is -1.97. The van der Waals surface area contributed by atoms with Gasteiger partial charge in [0, 0.05) is 18.8 Å². The summed E-state index contributed by atoms with van der Waals surface area (Å²) in [5.41, 5.74) is 1.35. The summed E-state index contributed by atoms with van der Waals surface area (Å²) in [4.78, 5) is 10.7. The lowest BCUT2D eigenvalue weighted by molar-refractivity contribution is 0.0696. The molecule has 2 aromatic rings. The number of hydrogen-bond acceptors (Lipinski definition) is 3. The Morgan fingerprint density at radius 1 is 1.38 bits per heavy atom. The maximum absolute atomic E-state index is 10.7. The van der Waals surface area contributed by atoms with Crippen molar-refractivity contribution in [3.63, 3.8) is 0 Å². The number of benzene rings is 1. The van der Waals surface area contributed by atoms with E-state index < -0.39 is 5.97 Å². The summed E-state index contributed by atoms with van der Waals surface area (Å²) >= 11 is 0. The van der Waals surface area contributed by atoms with Crippen LogP contribution in [0.25, 0.3) is 11.3 Å². The Morgan fingerprint density at radius 2 is 2.12 bits per heavy atom. The molecule has 0 saturated carbocycles. The number of carboxylic acids is 1. The van der Waals surface area contributed by atoms with Crippen LogP contribution in [0.2, 0.25) is 0 Å². The smallest absolute Gasteiger partial charge is 0.335 e. The summed E-state index contributed by atoms with van der Waals surface area (Å²) in [6, 6.07) is 5.99. The van der Waals surface area contributed by atoms with Crippen LogP contribution in [0.5, 0.6) is 5.75 Å². The molecule has 16 heavy (non-hydrogen) atoms. The minimum atomic E-state index is -1.06. The molecule has 82 valence electrons. The molecule has 1 heterocycles. The fourth-order valence-electron chi connectivity index (χ4n) is 1.52. The van der Waals surface area contributed by atoms with Gasteiger partial charge in [-0.15, -0.1) is 0 Å².